The number of hydrogen-bond acceptors (Lipinski definition) is 6. The van der Waals surface area contributed by atoms with Gasteiger partial charge in [-0.1, -0.05) is 6.92 Å². The Bertz CT molecular complexity index is 1050. The van der Waals surface area contributed by atoms with Gasteiger partial charge >= 0.3 is 0 Å². The van der Waals surface area contributed by atoms with Gasteiger partial charge in [-0.2, -0.15) is 0 Å². The Balaban J connectivity index is 1.42. The lowest BCUT2D eigenvalue weighted by atomic mass is 9.85. The Labute approximate surface area is 197 Å². The predicted molar refractivity (Wildman–Crippen MR) is 126 cm³/mol. The van der Waals surface area contributed by atoms with Crippen molar-refractivity contribution < 1.29 is 23.5 Å². The van der Waals surface area contributed by atoms with Gasteiger partial charge in [0.15, 0.2) is 0 Å². The molecule has 1 unspecified atom stereocenters. The first-order valence-corrected chi connectivity index (χ1v) is 11.5. The van der Waals surface area contributed by atoms with Gasteiger partial charge in [-0.3, -0.25) is 19.3 Å². The third-order valence-electron chi connectivity index (χ3n) is 6.48. The van der Waals surface area contributed by atoms with Crippen LogP contribution < -0.4 is 20.7 Å². The van der Waals surface area contributed by atoms with Crippen molar-refractivity contribution in [3.05, 3.63) is 54.3 Å². The van der Waals surface area contributed by atoms with Crippen molar-refractivity contribution in [1.29, 1.82) is 0 Å². The molecule has 1 atom stereocenters. The standard InChI is InChI=1S/C25H29FN4O4/c1-2-15-34-20-9-7-19(8-10-20)30-22(31)16-21(23(30)32)29-13-11-25(12-14-29,24(27)33)28-18-5-3-17(26)4-6-18/h3-10,21,28H,2,11-16H2,1H3,(H2,27,33). The van der Waals surface area contributed by atoms with Crippen LogP contribution in [0.25, 0.3) is 0 Å². The molecule has 2 heterocycles. The van der Waals surface area contributed by atoms with Crippen LogP contribution in [0, 0.1) is 5.82 Å². The normalized spacial score (nSPS) is 20.4. The highest BCUT2D eigenvalue weighted by molar-refractivity contribution is 6.22. The van der Waals surface area contributed by atoms with E-state index in [1.807, 2.05) is 11.8 Å². The largest absolute Gasteiger partial charge is 0.494 e. The van der Waals surface area contributed by atoms with Gasteiger partial charge in [0.1, 0.15) is 17.1 Å². The van der Waals surface area contributed by atoms with Gasteiger partial charge in [-0.25, -0.2) is 9.29 Å². The number of anilines is 2. The maximum Gasteiger partial charge on any atom is 0.251 e. The molecule has 34 heavy (non-hydrogen) atoms. The molecule has 0 radical (unpaired) electrons. The number of carbonyl (C=O) groups is 3. The summed E-state index contributed by atoms with van der Waals surface area (Å²) in [6, 6.07) is 12.1. The number of piperidine rings is 1. The van der Waals surface area contributed by atoms with Gasteiger partial charge in [0.25, 0.3) is 5.91 Å². The average molecular weight is 469 g/mol. The van der Waals surface area contributed by atoms with Crippen molar-refractivity contribution in [2.75, 3.05) is 29.9 Å². The summed E-state index contributed by atoms with van der Waals surface area (Å²) in [5.74, 6) is -0.713. The summed E-state index contributed by atoms with van der Waals surface area (Å²) in [5.41, 5.74) is 5.84. The number of benzene rings is 2. The minimum Gasteiger partial charge on any atom is -0.494 e. The SMILES string of the molecule is CCCOc1ccc(N2C(=O)CC(N3CCC(Nc4ccc(F)cc4)(C(N)=O)CC3)C2=O)cc1. The van der Waals surface area contributed by atoms with E-state index in [0.29, 0.717) is 49.7 Å². The minimum absolute atomic E-state index is 0.0852. The minimum atomic E-state index is -1.01. The van der Waals surface area contributed by atoms with Gasteiger partial charge in [-0.05, 0) is 67.8 Å². The van der Waals surface area contributed by atoms with Crippen molar-refractivity contribution in [2.24, 2.45) is 5.73 Å². The first kappa shape index (κ1) is 23.7. The van der Waals surface area contributed by atoms with Crippen molar-refractivity contribution in [3.8, 4) is 5.75 Å². The van der Waals surface area contributed by atoms with E-state index in [1.54, 1.807) is 36.4 Å². The average Bonchev–Trinajstić information content (AvgIpc) is 3.13. The van der Waals surface area contributed by atoms with Crippen LogP contribution in [-0.2, 0) is 14.4 Å². The van der Waals surface area contributed by atoms with Crippen LogP contribution >= 0.6 is 0 Å². The number of ether oxygens (including phenoxy) is 1. The Kier molecular flexibility index (Phi) is 6.83. The van der Waals surface area contributed by atoms with Crippen LogP contribution in [0.4, 0.5) is 15.8 Å². The fourth-order valence-corrected chi connectivity index (χ4v) is 4.54. The molecule has 0 saturated carbocycles. The molecule has 2 saturated heterocycles. The molecule has 3 amide bonds. The molecule has 2 aromatic rings. The molecule has 2 aliphatic heterocycles. The first-order chi connectivity index (χ1) is 16.3. The van der Waals surface area contributed by atoms with Crippen LogP contribution in [0.2, 0.25) is 0 Å². The zero-order chi connectivity index (χ0) is 24.3. The number of nitrogens with one attached hydrogen (secondary N) is 1. The molecule has 0 aliphatic carbocycles. The summed E-state index contributed by atoms with van der Waals surface area (Å²) in [7, 11) is 0. The van der Waals surface area contributed by atoms with E-state index in [1.165, 1.54) is 17.0 Å². The highest BCUT2D eigenvalue weighted by Crippen LogP contribution is 2.32. The van der Waals surface area contributed by atoms with Crippen molar-refractivity contribution in [3.63, 3.8) is 0 Å². The molecule has 8 nitrogen and oxygen atoms in total. The number of amides is 3. The third kappa shape index (κ3) is 4.75. The summed E-state index contributed by atoms with van der Waals surface area (Å²) in [4.78, 5) is 41.4. The van der Waals surface area contributed by atoms with Crippen molar-refractivity contribution in [2.45, 2.75) is 44.2 Å². The zero-order valence-corrected chi connectivity index (χ0v) is 19.1. The number of rotatable bonds is 8. The maximum atomic E-state index is 13.2. The van der Waals surface area contributed by atoms with Crippen LogP contribution in [0.1, 0.15) is 32.6 Å². The molecule has 0 bridgehead atoms. The van der Waals surface area contributed by atoms with Gasteiger partial charge in [0.05, 0.1) is 24.8 Å². The molecule has 2 fully saturated rings. The topological polar surface area (TPSA) is 105 Å². The van der Waals surface area contributed by atoms with Gasteiger partial charge in [0.2, 0.25) is 11.8 Å². The van der Waals surface area contributed by atoms with Crippen LogP contribution in [0.15, 0.2) is 48.5 Å². The number of likely N-dealkylation sites (tertiary alicyclic amines) is 1. The molecule has 180 valence electrons. The third-order valence-corrected chi connectivity index (χ3v) is 6.48. The lowest BCUT2D eigenvalue weighted by Crippen LogP contribution is -2.59. The molecule has 0 spiro atoms. The first-order valence-electron chi connectivity index (χ1n) is 11.5. The number of hydrogen-bond donors (Lipinski definition) is 2. The highest BCUT2D eigenvalue weighted by atomic mass is 19.1. The second-order valence-corrected chi connectivity index (χ2v) is 8.74. The highest BCUT2D eigenvalue weighted by Gasteiger charge is 2.47. The lowest BCUT2D eigenvalue weighted by Gasteiger charge is -2.42. The zero-order valence-electron chi connectivity index (χ0n) is 19.1. The predicted octanol–water partition coefficient (Wildman–Crippen LogP) is 2.68. The summed E-state index contributed by atoms with van der Waals surface area (Å²) in [5, 5.41) is 3.16. The second-order valence-electron chi connectivity index (χ2n) is 8.74. The summed E-state index contributed by atoms with van der Waals surface area (Å²) >= 11 is 0. The van der Waals surface area contributed by atoms with Gasteiger partial charge in [0, 0.05) is 18.8 Å². The molecule has 0 aromatic heterocycles. The Hall–Kier alpha value is -3.46. The van der Waals surface area contributed by atoms with Crippen LogP contribution in [-0.4, -0.2) is 53.9 Å². The van der Waals surface area contributed by atoms with E-state index in [9.17, 15) is 18.8 Å². The summed E-state index contributed by atoms with van der Waals surface area (Å²) in [6.07, 6.45) is 1.70. The van der Waals surface area contributed by atoms with Crippen LogP contribution in [0.5, 0.6) is 5.75 Å². The summed E-state index contributed by atoms with van der Waals surface area (Å²) in [6.45, 7) is 3.45. The van der Waals surface area contributed by atoms with E-state index in [-0.39, 0.29) is 24.1 Å². The molecule has 2 aliphatic rings. The fraction of sp³-hybridized carbons (Fsp3) is 0.400. The number of nitrogens with zero attached hydrogens (tertiary/aromatic N) is 2. The van der Waals surface area contributed by atoms with E-state index < -0.39 is 17.5 Å². The number of nitrogens with two attached hydrogens (primary N) is 1. The fourth-order valence-electron chi connectivity index (χ4n) is 4.54. The van der Waals surface area contributed by atoms with Crippen molar-refractivity contribution >= 4 is 29.1 Å². The van der Waals surface area contributed by atoms with E-state index in [4.69, 9.17) is 10.5 Å². The Morgan fingerprint density at radius 3 is 2.35 bits per heavy atom. The maximum absolute atomic E-state index is 13.2. The molecular formula is C25H29FN4O4. The molecule has 3 N–H and O–H groups in total. The van der Waals surface area contributed by atoms with Crippen LogP contribution in [0.3, 0.4) is 0 Å². The number of halogens is 1. The smallest absolute Gasteiger partial charge is 0.251 e. The lowest BCUT2D eigenvalue weighted by molar-refractivity contribution is -0.125. The Morgan fingerprint density at radius 2 is 1.76 bits per heavy atom. The van der Waals surface area contributed by atoms with Gasteiger partial charge < -0.3 is 15.8 Å². The summed E-state index contributed by atoms with van der Waals surface area (Å²) < 4.78 is 18.8. The van der Waals surface area contributed by atoms with E-state index in [0.717, 1.165) is 6.42 Å². The molecule has 2 aromatic carbocycles. The Morgan fingerprint density at radius 1 is 1.12 bits per heavy atom. The molecular weight excluding hydrogens is 439 g/mol. The number of primary amides is 1. The number of carbonyl (C=O) groups excluding carboxylic acids is 3. The molecule has 9 heteroatoms. The van der Waals surface area contributed by atoms with Gasteiger partial charge in [-0.15, -0.1) is 0 Å². The van der Waals surface area contributed by atoms with E-state index >= 15 is 0 Å². The second kappa shape index (κ2) is 9.80. The molecule has 4 rings (SSSR count). The van der Waals surface area contributed by atoms with Crippen molar-refractivity contribution in [1.82, 2.24) is 4.90 Å². The van der Waals surface area contributed by atoms with E-state index in [2.05, 4.69) is 5.32 Å². The monoisotopic (exact) mass is 468 g/mol. The number of imide groups is 1. The quantitative estimate of drug-likeness (QED) is 0.577.